The van der Waals surface area contributed by atoms with E-state index in [-0.39, 0.29) is 11.8 Å². The molecule has 0 radical (unpaired) electrons. The van der Waals surface area contributed by atoms with Crippen LogP contribution >= 0.6 is 11.8 Å². The van der Waals surface area contributed by atoms with Crippen molar-refractivity contribution in [3.63, 3.8) is 0 Å². The van der Waals surface area contributed by atoms with Crippen LogP contribution in [-0.4, -0.2) is 31.8 Å². The second-order valence-corrected chi connectivity index (χ2v) is 5.78. The molecule has 0 spiro atoms. The minimum Gasteiger partial charge on any atom is -0.309 e. The van der Waals surface area contributed by atoms with Crippen molar-refractivity contribution in [3.05, 3.63) is 42.2 Å². The molecule has 1 aromatic heterocycles. The van der Waals surface area contributed by atoms with Crippen molar-refractivity contribution in [1.29, 1.82) is 0 Å². The van der Waals surface area contributed by atoms with Crippen LogP contribution in [0.2, 0.25) is 0 Å². The number of nitrogens with zero attached hydrogens (tertiary/aromatic N) is 3. The van der Waals surface area contributed by atoms with Crippen LogP contribution in [-0.2, 0) is 11.3 Å². The fourth-order valence-corrected chi connectivity index (χ4v) is 2.53. The standard InChI is InChI=1S/C14H17N5O2S/c1-3-19-9-15-18-14(19)22-10(2)12(20)16-17-13(21)11-7-5-4-6-8-11/h4-10H,3H2,1-2H3,(H,16,20)(H,17,21)/t10-/m1/s1. The fourth-order valence-electron chi connectivity index (χ4n) is 1.65. The van der Waals surface area contributed by atoms with E-state index in [4.69, 9.17) is 0 Å². The molecule has 0 bridgehead atoms. The summed E-state index contributed by atoms with van der Waals surface area (Å²) in [6.07, 6.45) is 1.62. The molecule has 8 heteroatoms. The van der Waals surface area contributed by atoms with Crippen LogP contribution in [0.15, 0.2) is 41.8 Å². The average molecular weight is 319 g/mol. The predicted molar refractivity (Wildman–Crippen MR) is 83.1 cm³/mol. The van der Waals surface area contributed by atoms with Crippen molar-refractivity contribution in [2.45, 2.75) is 30.8 Å². The van der Waals surface area contributed by atoms with Gasteiger partial charge in [-0.05, 0) is 26.0 Å². The number of carbonyl (C=O) groups excluding carboxylic acids is 2. The summed E-state index contributed by atoms with van der Waals surface area (Å²) in [5, 5.41) is 8.03. The Morgan fingerprint density at radius 2 is 2.00 bits per heavy atom. The molecule has 0 unspecified atom stereocenters. The molecule has 0 saturated heterocycles. The number of aryl methyl sites for hydroxylation is 1. The van der Waals surface area contributed by atoms with Crippen LogP contribution in [0.4, 0.5) is 0 Å². The molecule has 0 aliphatic rings. The molecular weight excluding hydrogens is 302 g/mol. The second-order valence-electron chi connectivity index (χ2n) is 4.47. The van der Waals surface area contributed by atoms with Gasteiger partial charge in [0.05, 0.1) is 5.25 Å². The number of aromatic nitrogens is 3. The minimum atomic E-state index is -0.412. The molecule has 7 nitrogen and oxygen atoms in total. The summed E-state index contributed by atoms with van der Waals surface area (Å²) in [6, 6.07) is 8.67. The predicted octanol–water partition coefficient (Wildman–Crippen LogP) is 1.24. The normalized spacial score (nSPS) is 11.7. The van der Waals surface area contributed by atoms with Gasteiger partial charge in [-0.1, -0.05) is 30.0 Å². The number of carbonyl (C=O) groups is 2. The molecule has 2 aromatic rings. The third-order valence-corrected chi connectivity index (χ3v) is 4.00. The highest BCUT2D eigenvalue weighted by atomic mass is 32.2. The molecule has 2 N–H and O–H groups in total. The molecule has 22 heavy (non-hydrogen) atoms. The number of amides is 2. The van der Waals surface area contributed by atoms with Gasteiger partial charge in [0.25, 0.3) is 11.8 Å². The topological polar surface area (TPSA) is 88.9 Å². The van der Waals surface area contributed by atoms with Crippen molar-refractivity contribution in [3.8, 4) is 0 Å². The van der Waals surface area contributed by atoms with E-state index in [0.717, 1.165) is 6.54 Å². The number of nitrogens with one attached hydrogen (secondary N) is 2. The van der Waals surface area contributed by atoms with Gasteiger partial charge in [0, 0.05) is 12.1 Å². The van der Waals surface area contributed by atoms with Crippen molar-refractivity contribution in [1.82, 2.24) is 25.6 Å². The molecule has 0 saturated carbocycles. The number of hydrazine groups is 1. The minimum absolute atomic E-state index is 0.306. The van der Waals surface area contributed by atoms with E-state index in [1.165, 1.54) is 11.8 Å². The number of hydrogen-bond acceptors (Lipinski definition) is 5. The first-order chi connectivity index (χ1) is 10.6. The smallest absolute Gasteiger partial charge is 0.269 e. The van der Waals surface area contributed by atoms with E-state index in [9.17, 15) is 9.59 Å². The Kier molecular flexibility index (Phi) is 5.54. The van der Waals surface area contributed by atoms with Gasteiger partial charge in [0.2, 0.25) is 0 Å². The van der Waals surface area contributed by atoms with E-state index >= 15 is 0 Å². The highest BCUT2D eigenvalue weighted by Crippen LogP contribution is 2.20. The Hall–Kier alpha value is -2.35. The van der Waals surface area contributed by atoms with Crippen molar-refractivity contribution in [2.24, 2.45) is 0 Å². The molecule has 1 aromatic carbocycles. The van der Waals surface area contributed by atoms with Gasteiger partial charge in [0.15, 0.2) is 5.16 Å². The van der Waals surface area contributed by atoms with Crippen LogP contribution < -0.4 is 10.9 Å². The first-order valence-electron chi connectivity index (χ1n) is 6.81. The number of benzene rings is 1. The lowest BCUT2D eigenvalue weighted by Gasteiger charge is -2.12. The quantitative estimate of drug-likeness (QED) is 0.639. The maximum Gasteiger partial charge on any atom is 0.269 e. The van der Waals surface area contributed by atoms with E-state index in [2.05, 4.69) is 21.0 Å². The first-order valence-corrected chi connectivity index (χ1v) is 7.69. The third kappa shape index (κ3) is 4.08. The summed E-state index contributed by atoms with van der Waals surface area (Å²) >= 11 is 1.28. The molecule has 1 heterocycles. The van der Waals surface area contributed by atoms with Crippen LogP contribution in [0, 0.1) is 0 Å². The number of thioether (sulfide) groups is 1. The molecule has 116 valence electrons. The van der Waals surface area contributed by atoms with Crippen LogP contribution in [0.1, 0.15) is 24.2 Å². The summed E-state index contributed by atoms with van der Waals surface area (Å²) in [5.41, 5.74) is 5.29. The van der Waals surface area contributed by atoms with Crippen molar-refractivity contribution < 1.29 is 9.59 Å². The molecule has 0 fully saturated rings. The average Bonchev–Trinajstić information content (AvgIpc) is 3.00. The Morgan fingerprint density at radius 3 is 2.68 bits per heavy atom. The van der Waals surface area contributed by atoms with Gasteiger partial charge < -0.3 is 4.57 Å². The maximum absolute atomic E-state index is 12.0. The van der Waals surface area contributed by atoms with E-state index in [1.807, 2.05) is 17.6 Å². The van der Waals surface area contributed by atoms with Crippen molar-refractivity contribution >= 4 is 23.6 Å². The lowest BCUT2D eigenvalue weighted by atomic mass is 10.2. The number of hydrogen-bond donors (Lipinski definition) is 2. The Bertz CT molecular complexity index is 644. The van der Waals surface area contributed by atoms with Gasteiger partial charge in [0.1, 0.15) is 6.33 Å². The van der Waals surface area contributed by atoms with Gasteiger partial charge in [-0.15, -0.1) is 10.2 Å². The lowest BCUT2D eigenvalue weighted by molar-refractivity contribution is -0.121. The van der Waals surface area contributed by atoms with Gasteiger partial charge >= 0.3 is 0 Å². The monoisotopic (exact) mass is 319 g/mol. The maximum atomic E-state index is 12.0. The third-order valence-electron chi connectivity index (χ3n) is 2.91. The van der Waals surface area contributed by atoms with Crippen molar-refractivity contribution in [2.75, 3.05) is 0 Å². The van der Waals surface area contributed by atoms with Crippen LogP contribution in [0.25, 0.3) is 0 Å². The highest BCUT2D eigenvalue weighted by Gasteiger charge is 2.18. The summed E-state index contributed by atoms with van der Waals surface area (Å²) in [4.78, 5) is 23.8. The lowest BCUT2D eigenvalue weighted by Crippen LogP contribution is -2.44. The highest BCUT2D eigenvalue weighted by molar-refractivity contribution is 8.00. The van der Waals surface area contributed by atoms with Gasteiger partial charge in [-0.25, -0.2) is 0 Å². The van der Waals surface area contributed by atoms with Crippen LogP contribution in [0.5, 0.6) is 0 Å². The summed E-state index contributed by atoms with van der Waals surface area (Å²) in [5.74, 6) is -0.664. The van der Waals surface area contributed by atoms with Gasteiger partial charge in [-0.3, -0.25) is 20.4 Å². The summed E-state index contributed by atoms with van der Waals surface area (Å²) in [6.45, 7) is 4.44. The Balaban J connectivity index is 1.85. The molecular formula is C14H17N5O2S. The zero-order chi connectivity index (χ0) is 15.9. The SMILES string of the molecule is CCn1cnnc1S[C@H](C)C(=O)NNC(=O)c1ccccc1. The molecule has 2 rings (SSSR count). The van der Waals surface area contributed by atoms with E-state index < -0.39 is 5.25 Å². The molecule has 1 atom stereocenters. The first kappa shape index (κ1) is 16.0. The summed E-state index contributed by atoms with van der Waals surface area (Å²) < 4.78 is 1.84. The molecule has 0 aliphatic carbocycles. The molecule has 2 amide bonds. The zero-order valence-corrected chi connectivity index (χ0v) is 13.1. The Morgan fingerprint density at radius 1 is 1.27 bits per heavy atom. The van der Waals surface area contributed by atoms with Gasteiger partial charge in [-0.2, -0.15) is 0 Å². The zero-order valence-electron chi connectivity index (χ0n) is 12.3. The second kappa shape index (κ2) is 7.60. The summed E-state index contributed by atoms with van der Waals surface area (Å²) in [7, 11) is 0. The van der Waals surface area contributed by atoms with E-state index in [1.54, 1.807) is 37.5 Å². The molecule has 0 aliphatic heterocycles. The largest absolute Gasteiger partial charge is 0.309 e. The Labute approximate surface area is 132 Å². The fraction of sp³-hybridized carbons (Fsp3) is 0.286. The van der Waals surface area contributed by atoms with Crippen LogP contribution in [0.3, 0.4) is 0 Å². The van der Waals surface area contributed by atoms with E-state index in [0.29, 0.717) is 10.7 Å². The number of rotatable bonds is 5.